The van der Waals surface area contributed by atoms with Gasteiger partial charge in [-0.2, -0.15) is 0 Å². The van der Waals surface area contributed by atoms with E-state index in [2.05, 4.69) is 0 Å². The van der Waals surface area contributed by atoms with Gasteiger partial charge in [0.2, 0.25) is 5.91 Å². The van der Waals surface area contributed by atoms with Crippen LogP contribution in [0.15, 0.2) is 0 Å². The Kier molecular flexibility index (Phi) is 3.29. The van der Waals surface area contributed by atoms with Crippen molar-refractivity contribution >= 4 is 11.7 Å². The third kappa shape index (κ3) is 2.34. The van der Waals surface area contributed by atoms with Gasteiger partial charge in [-0.05, 0) is 6.42 Å². The normalized spacial score (nSPS) is 18.5. The molecule has 1 saturated heterocycles. The first-order valence-electron chi connectivity index (χ1n) is 5.28. The fourth-order valence-corrected chi connectivity index (χ4v) is 1.54. The van der Waals surface area contributed by atoms with Crippen LogP contribution < -0.4 is 0 Å². The first-order chi connectivity index (χ1) is 6.47. The molecule has 0 radical (unpaired) electrons. The van der Waals surface area contributed by atoms with Gasteiger partial charge in [-0.15, -0.1) is 0 Å². The van der Waals surface area contributed by atoms with E-state index in [9.17, 15) is 9.59 Å². The quantitative estimate of drug-likeness (QED) is 0.674. The topological polar surface area (TPSA) is 37.4 Å². The molecule has 0 aromatic heterocycles. The van der Waals surface area contributed by atoms with E-state index >= 15 is 0 Å². The predicted octanol–water partition coefficient (Wildman–Crippen LogP) is 1.61. The van der Waals surface area contributed by atoms with Gasteiger partial charge in [0.05, 0.1) is 0 Å². The van der Waals surface area contributed by atoms with Gasteiger partial charge in [0, 0.05) is 31.3 Å². The molecule has 3 heteroatoms. The largest absolute Gasteiger partial charge is 0.341 e. The summed E-state index contributed by atoms with van der Waals surface area (Å²) in [6.07, 6.45) is 1.91. The molecular formula is C11H19NO2. The van der Waals surface area contributed by atoms with Crippen molar-refractivity contribution < 1.29 is 9.59 Å². The summed E-state index contributed by atoms with van der Waals surface area (Å²) in [5.74, 6) is 0.468. The molecule has 0 aromatic carbocycles. The highest BCUT2D eigenvalue weighted by atomic mass is 16.2. The average Bonchev–Trinajstić information content (AvgIpc) is 2.18. The highest BCUT2D eigenvalue weighted by Crippen LogP contribution is 2.24. The van der Waals surface area contributed by atoms with Crippen LogP contribution in [0.5, 0.6) is 0 Å². The maximum Gasteiger partial charge on any atom is 0.228 e. The van der Waals surface area contributed by atoms with Crippen molar-refractivity contribution in [2.75, 3.05) is 13.1 Å². The zero-order valence-corrected chi connectivity index (χ0v) is 9.30. The van der Waals surface area contributed by atoms with Crippen LogP contribution in [-0.4, -0.2) is 29.7 Å². The summed E-state index contributed by atoms with van der Waals surface area (Å²) in [5, 5.41) is 0. The second-order valence-electron chi connectivity index (χ2n) is 4.57. The van der Waals surface area contributed by atoms with Crippen molar-refractivity contribution in [2.45, 2.75) is 40.0 Å². The number of hydrogen-bond acceptors (Lipinski definition) is 2. The van der Waals surface area contributed by atoms with Gasteiger partial charge in [-0.25, -0.2) is 0 Å². The number of nitrogens with zero attached hydrogens (tertiary/aromatic N) is 1. The Bertz CT molecular complexity index is 236. The lowest BCUT2D eigenvalue weighted by Gasteiger charge is -2.33. The SMILES string of the molecule is CCC(C)(C)C(=O)N1CCC(=O)CC1. The summed E-state index contributed by atoms with van der Waals surface area (Å²) in [4.78, 5) is 24.8. The Balaban J connectivity index is 2.58. The lowest BCUT2D eigenvalue weighted by Crippen LogP contribution is -2.45. The minimum absolute atomic E-state index is 0.188. The van der Waals surface area contributed by atoms with Gasteiger partial charge in [0.25, 0.3) is 0 Å². The van der Waals surface area contributed by atoms with E-state index in [-0.39, 0.29) is 17.1 Å². The molecule has 0 atom stereocenters. The molecule has 0 bridgehead atoms. The van der Waals surface area contributed by atoms with E-state index in [1.54, 1.807) is 0 Å². The third-order valence-electron chi connectivity index (χ3n) is 3.07. The molecule has 0 aromatic rings. The Morgan fingerprint density at radius 1 is 1.36 bits per heavy atom. The molecule has 0 aliphatic carbocycles. The number of amides is 1. The van der Waals surface area contributed by atoms with Crippen LogP contribution in [0.4, 0.5) is 0 Å². The lowest BCUT2D eigenvalue weighted by atomic mass is 9.88. The van der Waals surface area contributed by atoms with Crippen molar-refractivity contribution in [3.63, 3.8) is 0 Å². The zero-order valence-electron chi connectivity index (χ0n) is 9.30. The molecule has 1 fully saturated rings. The second kappa shape index (κ2) is 4.11. The van der Waals surface area contributed by atoms with E-state index in [0.29, 0.717) is 25.9 Å². The van der Waals surface area contributed by atoms with Gasteiger partial charge < -0.3 is 4.90 Å². The molecule has 1 aliphatic heterocycles. The predicted molar refractivity (Wildman–Crippen MR) is 54.9 cm³/mol. The molecule has 80 valence electrons. The van der Waals surface area contributed by atoms with E-state index in [1.165, 1.54) is 0 Å². The summed E-state index contributed by atoms with van der Waals surface area (Å²) >= 11 is 0. The van der Waals surface area contributed by atoms with Crippen LogP contribution in [0.25, 0.3) is 0 Å². The highest BCUT2D eigenvalue weighted by molar-refractivity contribution is 5.85. The number of likely N-dealkylation sites (tertiary alicyclic amines) is 1. The highest BCUT2D eigenvalue weighted by Gasteiger charge is 2.31. The standard InChI is InChI=1S/C11H19NO2/c1-4-11(2,3)10(14)12-7-5-9(13)6-8-12/h4-8H2,1-3H3. The van der Waals surface area contributed by atoms with Gasteiger partial charge in [-0.3, -0.25) is 9.59 Å². The minimum Gasteiger partial charge on any atom is -0.341 e. The minimum atomic E-state index is -0.277. The first kappa shape index (κ1) is 11.2. The summed E-state index contributed by atoms with van der Waals surface area (Å²) in [6.45, 7) is 7.17. The number of rotatable bonds is 2. The molecule has 1 amide bonds. The van der Waals surface area contributed by atoms with E-state index in [1.807, 2.05) is 25.7 Å². The Labute approximate surface area is 85.5 Å². The van der Waals surface area contributed by atoms with Gasteiger partial charge in [-0.1, -0.05) is 20.8 Å². The van der Waals surface area contributed by atoms with E-state index in [4.69, 9.17) is 0 Å². The number of hydrogen-bond donors (Lipinski definition) is 0. The molecule has 3 nitrogen and oxygen atoms in total. The number of carbonyl (C=O) groups is 2. The third-order valence-corrected chi connectivity index (χ3v) is 3.07. The van der Waals surface area contributed by atoms with Crippen molar-refractivity contribution in [1.29, 1.82) is 0 Å². The second-order valence-corrected chi connectivity index (χ2v) is 4.57. The molecule has 1 heterocycles. The maximum atomic E-state index is 12.0. The van der Waals surface area contributed by atoms with Crippen molar-refractivity contribution in [3.05, 3.63) is 0 Å². The Morgan fingerprint density at radius 3 is 2.29 bits per heavy atom. The lowest BCUT2D eigenvalue weighted by molar-refractivity contribution is -0.142. The molecule has 0 unspecified atom stereocenters. The molecule has 1 rings (SSSR count). The van der Waals surface area contributed by atoms with Crippen LogP contribution in [0.2, 0.25) is 0 Å². The van der Waals surface area contributed by atoms with Crippen LogP contribution in [0.1, 0.15) is 40.0 Å². The van der Waals surface area contributed by atoms with Gasteiger partial charge in [0.1, 0.15) is 5.78 Å². The van der Waals surface area contributed by atoms with Crippen LogP contribution in [0, 0.1) is 5.41 Å². The number of carbonyl (C=O) groups excluding carboxylic acids is 2. The van der Waals surface area contributed by atoms with Gasteiger partial charge >= 0.3 is 0 Å². The maximum absolute atomic E-state index is 12.0. The number of ketones is 1. The molecule has 0 spiro atoms. The molecule has 1 aliphatic rings. The summed E-state index contributed by atoms with van der Waals surface area (Å²) < 4.78 is 0. The van der Waals surface area contributed by atoms with E-state index in [0.717, 1.165) is 6.42 Å². The van der Waals surface area contributed by atoms with Gasteiger partial charge in [0.15, 0.2) is 0 Å². The number of piperidine rings is 1. The molecule has 0 N–H and O–H groups in total. The fourth-order valence-electron chi connectivity index (χ4n) is 1.54. The zero-order chi connectivity index (χ0) is 10.8. The fraction of sp³-hybridized carbons (Fsp3) is 0.818. The monoisotopic (exact) mass is 197 g/mol. The molecule has 14 heavy (non-hydrogen) atoms. The average molecular weight is 197 g/mol. The molecular weight excluding hydrogens is 178 g/mol. The van der Waals surface area contributed by atoms with Crippen LogP contribution in [0.3, 0.4) is 0 Å². The van der Waals surface area contributed by atoms with E-state index < -0.39 is 0 Å². The molecule has 0 saturated carbocycles. The Hall–Kier alpha value is -0.860. The first-order valence-corrected chi connectivity index (χ1v) is 5.28. The number of Topliss-reactive ketones (excluding diaryl/α,β-unsaturated/α-hetero) is 1. The van der Waals surface area contributed by atoms with Crippen LogP contribution >= 0.6 is 0 Å². The van der Waals surface area contributed by atoms with Crippen LogP contribution in [-0.2, 0) is 9.59 Å². The Morgan fingerprint density at radius 2 is 1.86 bits per heavy atom. The van der Waals surface area contributed by atoms with Crippen molar-refractivity contribution in [2.24, 2.45) is 5.41 Å². The summed E-state index contributed by atoms with van der Waals surface area (Å²) in [6, 6.07) is 0. The smallest absolute Gasteiger partial charge is 0.228 e. The summed E-state index contributed by atoms with van der Waals surface area (Å²) in [7, 11) is 0. The summed E-state index contributed by atoms with van der Waals surface area (Å²) in [5.41, 5.74) is -0.277. The van der Waals surface area contributed by atoms with Crippen molar-refractivity contribution in [3.8, 4) is 0 Å². The van der Waals surface area contributed by atoms with Crippen molar-refractivity contribution in [1.82, 2.24) is 4.90 Å².